The van der Waals surface area contributed by atoms with E-state index < -0.39 is 0 Å². The minimum absolute atomic E-state index is 0.572. The summed E-state index contributed by atoms with van der Waals surface area (Å²) in [6.07, 6.45) is 6.42. The molecule has 0 saturated carbocycles. The van der Waals surface area contributed by atoms with E-state index in [1.165, 1.54) is 5.56 Å². The zero-order valence-corrected chi connectivity index (χ0v) is 8.80. The number of nitrogens with zero attached hydrogens (tertiary/aromatic N) is 2. The largest absolute Gasteiger partial charge is 0.384 e. The summed E-state index contributed by atoms with van der Waals surface area (Å²) in [4.78, 5) is 7.71. The molecule has 78 valence electrons. The zero-order chi connectivity index (χ0) is 10.9. The van der Waals surface area contributed by atoms with E-state index in [1.807, 2.05) is 24.4 Å². The van der Waals surface area contributed by atoms with Crippen LogP contribution in [0.25, 0.3) is 0 Å². The molecule has 2 aromatic heterocycles. The standard InChI is InChI=1S/C7H9N.C5H6N2/c1-2-7-4-3-5-8-6-7;6-5-3-1-2-4-7-5/h3-6H,2H2,1H3;1-4H,(H2,6,7). The van der Waals surface area contributed by atoms with Gasteiger partial charge in [0.25, 0.3) is 0 Å². The van der Waals surface area contributed by atoms with Crippen molar-refractivity contribution in [2.45, 2.75) is 13.3 Å². The molecule has 0 radical (unpaired) electrons. The highest BCUT2D eigenvalue weighted by atomic mass is 14.8. The van der Waals surface area contributed by atoms with Crippen LogP contribution in [0.3, 0.4) is 0 Å². The van der Waals surface area contributed by atoms with Crippen molar-refractivity contribution >= 4 is 5.82 Å². The summed E-state index contributed by atoms with van der Waals surface area (Å²) in [6, 6.07) is 9.46. The lowest BCUT2D eigenvalue weighted by Gasteiger charge is -1.88. The molecule has 0 aliphatic rings. The van der Waals surface area contributed by atoms with E-state index in [-0.39, 0.29) is 0 Å². The van der Waals surface area contributed by atoms with Crippen molar-refractivity contribution in [3.8, 4) is 0 Å². The van der Waals surface area contributed by atoms with Crippen molar-refractivity contribution in [3.63, 3.8) is 0 Å². The van der Waals surface area contributed by atoms with Crippen LogP contribution in [0.15, 0.2) is 48.9 Å². The summed E-state index contributed by atoms with van der Waals surface area (Å²) in [5, 5.41) is 0. The molecule has 0 fully saturated rings. The summed E-state index contributed by atoms with van der Waals surface area (Å²) >= 11 is 0. The fraction of sp³-hybridized carbons (Fsp3) is 0.167. The second kappa shape index (κ2) is 6.54. The molecule has 0 bridgehead atoms. The number of aromatic nitrogens is 2. The molecule has 0 aliphatic carbocycles. The van der Waals surface area contributed by atoms with Gasteiger partial charge in [-0.2, -0.15) is 0 Å². The van der Waals surface area contributed by atoms with Gasteiger partial charge in [-0.3, -0.25) is 4.98 Å². The van der Waals surface area contributed by atoms with E-state index in [4.69, 9.17) is 5.73 Å². The predicted octanol–water partition coefficient (Wildman–Crippen LogP) is 2.31. The van der Waals surface area contributed by atoms with Crippen LogP contribution in [-0.4, -0.2) is 9.97 Å². The predicted molar refractivity (Wildman–Crippen MR) is 62.3 cm³/mol. The summed E-state index contributed by atoms with van der Waals surface area (Å²) in [6.45, 7) is 2.12. The normalized spacial score (nSPS) is 8.87. The van der Waals surface area contributed by atoms with Gasteiger partial charge in [0, 0.05) is 18.6 Å². The maximum absolute atomic E-state index is 5.25. The fourth-order valence-electron chi connectivity index (χ4n) is 0.983. The Morgan fingerprint density at radius 3 is 2.33 bits per heavy atom. The number of pyridine rings is 2. The van der Waals surface area contributed by atoms with Gasteiger partial charge in [0.05, 0.1) is 0 Å². The average Bonchev–Trinajstić information content (AvgIpc) is 2.32. The van der Waals surface area contributed by atoms with Gasteiger partial charge in [-0.1, -0.05) is 19.1 Å². The molecular weight excluding hydrogens is 186 g/mol. The number of hydrogen-bond donors (Lipinski definition) is 1. The van der Waals surface area contributed by atoms with Crippen molar-refractivity contribution < 1.29 is 0 Å². The minimum Gasteiger partial charge on any atom is -0.384 e. The first kappa shape index (κ1) is 11.2. The highest BCUT2D eigenvalue weighted by Crippen LogP contribution is 1.93. The maximum atomic E-state index is 5.25. The van der Waals surface area contributed by atoms with Crippen molar-refractivity contribution in [1.82, 2.24) is 9.97 Å². The fourth-order valence-corrected chi connectivity index (χ4v) is 0.983. The van der Waals surface area contributed by atoms with Gasteiger partial charge in [0.15, 0.2) is 0 Å². The first-order valence-corrected chi connectivity index (χ1v) is 4.88. The number of hydrogen-bond acceptors (Lipinski definition) is 3. The van der Waals surface area contributed by atoms with Crippen molar-refractivity contribution in [2.75, 3.05) is 5.73 Å². The van der Waals surface area contributed by atoms with Crippen LogP contribution < -0.4 is 5.73 Å². The molecule has 2 aromatic rings. The van der Waals surface area contributed by atoms with Crippen LogP contribution in [0.2, 0.25) is 0 Å². The second-order valence-corrected chi connectivity index (χ2v) is 2.97. The molecule has 3 nitrogen and oxygen atoms in total. The summed E-state index contributed by atoms with van der Waals surface area (Å²) in [5.41, 5.74) is 6.55. The number of aryl methyl sites for hydroxylation is 1. The van der Waals surface area contributed by atoms with Crippen LogP contribution in [0.5, 0.6) is 0 Å². The van der Waals surface area contributed by atoms with Gasteiger partial charge in [-0.05, 0) is 30.2 Å². The van der Waals surface area contributed by atoms with Crippen molar-refractivity contribution in [3.05, 3.63) is 54.5 Å². The Kier molecular flexibility index (Phi) is 4.87. The molecule has 15 heavy (non-hydrogen) atoms. The monoisotopic (exact) mass is 201 g/mol. The quantitative estimate of drug-likeness (QED) is 0.770. The zero-order valence-electron chi connectivity index (χ0n) is 8.80. The van der Waals surface area contributed by atoms with Crippen LogP contribution in [0.1, 0.15) is 12.5 Å². The van der Waals surface area contributed by atoms with Gasteiger partial charge in [0.1, 0.15) is 5.82 Å². The van der Waals surface area contributed by atoms with Crippen LogP contribution in [0, 0.1) is 0 Å². The highest BCUT2D eigenvalue weighted by molar-refractivity contribution is 5.25. The second-order valence-electron chi connectivity index (χ2n) is 2.97. The Hall–Kier alpha value is -1.90. The number of nitrogens with two attached hydrogens (primary N) is 1. The maximum Gasteiger partial charge on any atom is 0.123 e. The molecule has 0 unspecified atom stereocenters. The van der Waals surface area contributed by atoms with E-state index in [2.05, 4.69) is 23.0 Å². The lowest BCUT2D eigenvalue weighted by molar-refractivity contribution is 1.10. The first-order valence-electron chi connectivity index (χ1n) is 4.88. The smallest absolute Gasteiger partial charge is 0.123 e. The van der Waals surface area contributed by atoms with Gasteiger partial charge in [-0.25, -0.2) is 4.98 Å². The van der Waals surface area contributed by atoms with Gasteiger partial charge >= 0.3 is 0 Å². The molecule has 0 aliphatic heterocycles. The van der Waals surface area contributed by atoms with Gasteiger partial charge in [0.2, 0.25) is 0 Å². The van der Waals surface area contributed by atoms with Crippen LogP contribution in [0.4, 0.5) is 5.82 Å². The molecule has 0 saturated heterocycles. The first-order chi connectivity index (χ1) is 7.33. The molecular formula is C12H15N3. The number of rotatable bonds is 1. The summed E-state index contributed by atoms with van der Waals surface area (Å²) in [5.74, 6) is 0.572. The number of nitrogen functional groups attached to an aromatic ring is 1. The molecule has 0 atom stereocenters. The highest BCUT2D eigenvalue weighted by Gasteiger charge is 1.81. The average molecular weight is 201 g/mol. The third-order valence-corrected chi connectivity index (χ3v) is 1.82. The van der Waals surface area contributed by atoms with Crippen molar-refractivity contribution in [1.29, 1.82) is 0 Å². The third kappa shape index (κ3) is 4.76. The van der Waals surface area contributed by atoms with E-state index in [1.54, 1.807) is 18.5 Å². The molecule has 3 heteroatoms. The van der Waals surface area contributed by atoms with Crippen LogP contribution in [-0.2, 0) is 6.42 Å². The molecule has 2 rings (SSSR count). The van der Waals surface area contributed by atoms with Crippen molar-refractivity contribution in [2.24, 2.45) is 0 Å². The Morgan fingerprint density at radius 2 is 2.00 bits per heavy atom. The topological polar surface area (TPSA) is 51.8 Å². The third-order valence-electron chi connectivity index (χ3n) is 1.82. The lowest BCUT2D eigenvalue weighted by atomic mass is 10.2. The number of anilines is 1. The lowest BCUT2D eigenvalue weighted by Crippen LogP contribution is -1.85. The molecule has 2 N–H and O–H groups in total. The van der Waals surface area contributed by atoms with Gasteiger partial charge < -0.3 is 5.73 Å². The SMILES string of the molecule is CCc1cccnc1.Nc1ccccn1. The summed E-state index contributed by atoms with van der Waals surface area (Å²) in [7, 11) is 0. The van der Waals surface area contributed by atoms with E-state index in [0.717, 1.165) is 6.42 Å². The van der Waals surface area contributed by atoms with E-state index in [0.29, 0.717) is 5.82 Å². The Balaban J connectivity index is 0.000000151. The molecule has 0 amide bonds. The Bertz CT molecular complexity index is 359. The minimum atomic E-state index is 0.572. The molecule has 2 heterocycles. The Morgan fingerprint density at radius 1 is 1.13 bits per heavy atom. The van der Waals surface area contributed by atoms with E-state index >= 15 is 0 Å². The van der Waals surface area contributed by atoms with Gasteiger partial charge in [-0.15, -0.1) is 0 Å². The van der Waals surface area contributed by atoms with Crippen LogP contribution >= 0.6 is 0 Å². The Labute approximate surface area is 90.0 Å². The summed E-state index contributed by atoms with van der Waals surface area (Å²) < 4.78 is 0. The molecule has 0 aromatic carbocycles. The molecule has 0 spiro atoms. The van der Waals surface area contributed by atoms with E-state index in [9.17, 15) is 0 Å².